The van der Waals surface area contributed by atoms with Gasteiger partial charge in [-0.1, -0.05) is 12.1 Å². The summed E-state index contributed by atoms with van der Waals surface area (Å²) in [4.78, 5) is 12.1. The Labute approximate surface area is 154 Å². The van der Waals surface area contributed by atoms with Gasteiger partial charge in [-0.15, -0.1) is 0 Å². The van der Waals surface area contributed by atoms with Crippen LogP contribution in [0.4, 0.5) is 0 Å². The summed E-state index contributed by atoms with van der Waals surface area (Å²) in [5.74, 6) is -4.23. The van der Waals surface area contributed by atoms with Crippen LogP contribution in [0, 0.1) is 5.92 Å². The third kappa shape index (κ3) is 2.73. The van der Waals surface area contributed by atoms with E-state index in [9.17, 15) is 20.1 Å². The van der Waals surface area contributed by atoms with E-state index in [1.165, 1.54) is 13.2 Å². The van der Waals surface area contributed by atoms with Crippen LogP contribution in [-0.2, 0) is 4.79 Å². The number of carbonyl (C=O) groups is 1. The third-order valence-corrected chi connectivity index (χ3v) is 4.89. The highest BCUT2D eigenvalue weighted by atomic mass is 16.7. The molecule has 0 saturated carbocycles. The number of aliphatic carboxylic acids is 1. The summed E-state index contributed by atoms with van der Waals surface area (Å²) in [6.07, 6.45) is 0. The van der Waals surface area contributed by atoms with Crippen LogP contribution in [0.5, 0.6) is 23.0 Å². The molecular weight excluding hydrogens is 356 g/mol. The van der Waals surface area contributed by atoms with Crippen LogP contribution in [-0.4, -0.2) is 47.6 Å². The molecule has 27 heavy (non-hydrogen) atoms. The molecule has 3 atom stereocenters. The zero-order chi connectivity index (χ0) is 19.2. The van der Waals surface area contributed by atoms with Gasteiger partial charge in [0, 0.05) is 17.5 Å². The number of rotatable bonds is 4. The molecule has 2 aliphatic rings. The molecule has 2 aromatic carbocycles. The molecule has 3 N–H and O–H groups in total. The molecule has 0 spiro atoms. The minimum absolute atomic E-state index is 0.0364. The number of carboxylic acid groups (broad SMARTS) is 1. The van der Waals surface area contributed by atoms with Gasteiger partial charge in [0.15, 0.2) is 11.5 Å². The van der Waals surface area contributed by atoms with Crippen molar-refractivity contribution in [1.82, 2.24) is 0 Å². The van der Waals surface area contributed by atoms with Crippen LogP contribution in [0.2, 0.25) is 0 Å². The van der Waals surface area contributed by atoms with Crippen molar-refractivity contribution in [1.29, 1.82) is 0 Å². The van der Waals surface area contributed by atoms with Crippen LogP contribution < -0.4 is 18.9 Å². The predicted molar refractivity (Wildman–Crippen MR) is 91.2 cm³/mol. The molecule has 0 fully saturated rings. The highest BCUT2D eigenvalue weighted by Crippen LogP contribution is 2.51. The van der Waals surface area contributed by atoms with E-state index in [0.717, 1.165) is 0 Å². The quantitative estimate of drug-likeness (QED) is 0.734. The number of hydrogen-bond donors (Lipinski definition) is 3. The van der Waals surface area contributed by atoms with E-state index < -0.39 is 30.2 Å². The standard InChI is InChI=1S/C19H18O8/c1-24-11-4-2-3-10(5-11)16-12-6-14-15(26-9-25-14)7-13(12)27-19(23,8-20)17(16)18(21)22/h2-7,16-17,20,23H,8-9H2,1H3,(H,21,22). The number of methoxy groups -OCH3 is 1. The molecule has 8 nitrogen and oxygen atoms in total. The maximum atomic E-state index is 12.1. The molecule has 142 valence electrons. The van der Waals surface area contributed by atoms with Crippen molar-refractivity contribution in [3.05, 3.63) is 47.5 Å². The van der Waals surface area contributed by atoms with Crippen molar-refractivity contribution in [2.24, 2.45) is 5.92 Å². The average Bonchev–Trinajstić information content (AvgIpc) is 3.12. The fourth-order valence-electron chi connectivity index (χ4n) is 3.64. The zero-order valence-corrected chi connectivity index (χ0v) is 14.4. The molecule has 0 radical (unpaired) electrons. The Hall–Kier alpha value is -2.97. The Bertz CT molecular complexity index is 895. The predicted octanol–water partition coefficient (Wildman–Crippen LogP) is 1.33. The Morgan fingerprint density at radius 3 is 2.63 bits per heavy atom. The molecule has 3 unspecified atom stereocenters. The number of fused-ring (bicyclic) bond motifs is 2. The SMILES string of the molecule is COc1cccc(C2c3cc4c(cc3OC(O)(CO)C2C(=O)O)OCO4)c1. The molecule has 4 rings (SSSR count). The first kappa shape index (κ1) is 17.4. The molecule has 0 aliphatic carbocycles. The van der Waals surface area contributed by atoms with Crippen LogP contribution in [0.1, 0.15) is 17.0 Å². The molecular formula is C19H18O8. The molecule has 0 amide bonds. The number of hydrogen-bond acceptors (Lipinski definition) is 7. The van der Waals surface area contributed by atoms with Gasteiger partial charge in [-0.25, -0.2) is 0 Å². The van der Waals surface area contributed by atoms with Gasteiger partial charge >= 0.3 is 5.97 Å². The van der Waals surface area contributed by atoms with Crippen LogP contribution in [0.15, 0.2) is 36.4 Å². The lowest BCUT2D eigenvalue weighted by atomic mass is 9.74. The summed E-state index contributed by atoms with van der Waals surface area (Å²) >= 11 is 0. The summed E-state index contributed by atoms with van der Waals surface area (Å²) in [6.45, 7) is -0.854. The topological polar surface area (TPSA) is 115 Å². The molecule has 0 bridgehead atoms. The zero-order valence-electron chi connectivity index (χ0n) is 14.4. The van der Waals surface area contributed by atoms with E-state index in [-0.39, 0.29) is 12.5 Å². The van der Waals surface area contributed by atoms with Crippen LogP contribution in [0.3, 0.4) is 0 Å². The molecule has 8 heteroatoms. The van der Waals surface area contributed by atoms with E-state index in [2.05, 4.69) is 0 Å². The second-order valence-corrected chi connectivity index (χ2v) is 6.42. The third-order valence-electron chi connectivity index (χ3n) is 4.89. The van der Waals surface area contributed by atoms with Crippen LogP contribution >= 0.6 is 0 Å². The number of aliphatic hydroxyl groups excluding tert-OH is 1. The van der Waals surface area contributed by atoms with Crippen LogP contribution in [0.25, 0.3) is 0 Å². The lowest BCUT2D eigenvalue weighted by Gasteiger charge is -2.42. The van der Waals surface area contributed by atoms with E-state index in [0.29, 0.717) is 28.4 Å². The first-order valence-electron chi connectivity index (χ1n) is 8.29. The van der Waals surface area contributed by atoms with Crippen molar-refractivity contribution in [2.75, 3.05) is 20.5 Å². The molecule has 2 aliphatic heterocycles. The Balaban J connectivity index is 1.95. The summed E-state index contributed by atoms with van der Waals surface area (Å²) < 4.78 is 21.5. The van der Waals surface area contributed by atoms with Gasteiger partial charge in [0.25, 0.3) is 0 Å². The maximum Gasteiger partial charge on any atom is 0.314 e. The van der Waals surface area contributed by atoms with Crippen molar-refractivity contribution in [2.45, 2.75) is 11.7 Å². The van der Waals surface area contributed by atoms with Gasteiger partial charge in [-0.05, 0) is 23.8 Å². The minimum Gasteiger partial charge on any atom is -0.497 e. The summed E-state index contributed by atoms with van der Waals surface area (Å²) in [5, 5.41) is 30.4. The Morgan fingerprint density at radius 1 is 1.22 bits per heavy atom. The Kier molecular flexibility index (Phi) is 4.09. The van der Waals surface area contributed by atoms with E-state index in [1.54, 1.807) is 30.3 Å². The van der Waals surface area contributed by atoms with Gasteiger partial charge in [0.05, 0.1) is 7.11 Å². The average molecular weight is 374 g/mol. The van der Waals surface area contributed by atoms with Crippen molar-refractivity contribution in [3.8, 4) is 23.0 Å². The second-order valence-electron chi connectivity index (χ2n) is 6.42. The van der Waals surface area contributed by atoms with Crippen molar-refractivity contribution < 1.29 is 39.1 Å². The smallest absolute Gasteiger partial charge is 0.314 e. The van der Waals surface area contributed by atoms with E-state index in [4.69, 9.17) is 18.9 Å². The fraction of sp³-hybridized carbons (Fsp3) is 0.316. The van der Waals surface area contributed by atoms with E-state index >= 15 is 0 Å². The van der Waals surface area contributed by atoms with Gasteiger partial charge in [0.2, 0.25) is 12.6 Å². The number of ether oxygens (including phenoxy) is 4. The van der Waals surface area contributed by atoms with Gasteiger partial charge in [-0.2, -0.15) is 0 Å². The molecule has 0 aromatic heterocycles. The number of aliphatic hydroxyl groups is 2. The number of benzene rings is 2. The van der Waals surface area contributed by atoms with Gasteiger partial charge in [-0.3, -0.25) is 4.79 Å². The largest absolute Gasteiger partial charge is 0.497 e. The maximum absolute atomic E-state index is 12.1. The second kappa shape index (κ2) is 6.33. The monoisotopic (exact) mass is 374 g/mol. The highest BCUT2D eigenvalue weighted by molar-refractivity contribution is 5.75. The first-order valence-corrected chi connectivity index (χ1v) is 8.29. The van der Waals surface area contributed by atoms with E-state index in [1.807, 2.05) is 0 Å². The summed E-state index contributed by atoms with van der Waals surface area (Å²) in [7, 11) is 1.51. The summed E-state index contributed by atoms with van der Waals surface area (Å²) in [5.41, 5.74) is 1.11. The van der Waals surface area contributed by atoms with Crippen molar-refractivity contribution in [3.63, 3.8) is 0 Å². The fourth-order valence-corrected chi connectivity index (χ4v) is 3.64. The van der Waals surface area contributed by atoms with Gasteiger partial charge in [0.1, 0.15) is 24.0 Å². The molecule has 2 aromatic rings. The van der Waals surface area contributed by atoms with Gasteiger partial charge < -0.3 is 34.3 Å². The summed E-state index contributed by atoms with van der Waals surface area (Å²) in [6, 6.07) is 10.1. The molecule has 2 heterocycles. The normalized spacial score (nSPS) is 25.4. The molecule has 0 saturated heterocycles. The lowest BCUT2D eigenvalue weighted by Crippen LogP contribution is -2.55. The van der Waals surface area contributed by atoms with Crippen molar-refractivity contribution >= 4 is 5.97 Å². The minimum atomic E-state index is -2.31. The Morgan fingerprint density at radius 2 is 1.96 bits per heavy atom. The number of carboxylic acids is 1. The first-order chi connectivity index (χ1) is 13.0. The lowest BCUT2D eigenvalue weighted by molar-refractivity contribution is -0.220. The highest BCUT2D eigenvalue weighted by Gasteiger charge is 2.54.